The van der Waals surface area contributed by atoms with Gasteiger partial charge in [0.15, 0.2) is 15.7 Å². The molecule has 6 aromatic rings. The Morgan fingerprint density at radius 1 is 0.625 bits per heavy atom. The van der Waals surface area contributed by atoms with Gasteiger partial charge >= 0.3 is 0 Å². The van der Waals surface area contributed by atoms with Gasteiger partial charge in [-0.1, -0.05) is 11.3 Å². The number of fused-ring (bicyclic) bond motifs is 4. The number of hydrogen-bond acceptors (Lipinski definition) is 10. The van der Waals surface area contributed by atoms with Crippen molar-refractivity contribution in [1.29, 1.82) is 0 Å². The molecule has 0 aliphatic heterocycles. The lowest BCUT2D eigenvalue weighted by Gasteiger charge is -1.86. The van der Waals surface area contributed by atoms with Gasteiger partial charge < -0.3 is 0 Å². The molecule has 114 valence electrons. The van der Waals surface area contributed by atoms with Crippen LogP contribution in [0.25, 0.3) is 51.4 Å². The van der Waals surface area contributed by atoms with Crippen LogP contribution in [0.3, 0.4) is 0 Å². The summed E-state index contributed by atoms with van der Waals surface area (Å²) in [7, 11) is 0. The van der Waals surface area contributed by atoms with E-state index in [1.165, 1.54) is 11.3 Å². The summed E-state index contributed by atoms with van der Waals surface area (Å²) in [5, 5.41) is 1.74. The first-order valence-electron chi connectivity index (χ1n) is 6.85. The van der Waals surface area contributed by atoms with Crippen molar-refractivity contribution in [1.82, 2.24) is 29.9 Å². The maximum Gasteiger partial charge on any atom is 0.172 e. The van der Waals surface area contributed by atoms with Crippen LogP contribution in [0.4, 0.5) is 0 Å². The minimum atomic E-state index is 0.751. The van der Waals surface area contributed by atoms with Gasteiger partial charge in [0, 0.05) is 0 Å². The van der Waals surface area contributed by atoms with E-state index in [-0.39, 0.29) is 0 Å². The summed E-state index contributed by atoms with van der Waals surface area (Å²) in [6, 6.07) is 4.03. The second-order valence-electron chi connectivity index (χ2n) is 5.01. The van der Waals surface area contributed by atoms with Crippen molar-refractivity contribution in [3.8, 4) is 10.0 Å². The molecule has 0 unspecified atom stereocenters. The monoisotopic (exact) mass is 384 g/mol. The largest absolute Gasteiger partial charge is 0.243 e. The molecule has 0 aliphatic rings. The van der Waals surface area contributed by atoms with Gasteiger partial charge in [-0.3, -0.25) is 0 Å². The second-order valence-corrected chi connectivity index (χ2v) is 8.69. The Morgan fingerprint density at radius 2 is 1.38 bits per heavy atom. The number of aromatic nitrogens is 6. The maximum atomic E-state index is 4.69. The summed E-state index contributed by atoms with van der Waals surface area (Å²) >= 11 is 6.21. The predicted molar refractivity (Wildman–Crippen MR) is 100 cm³/mol. The molecule has 24 heavy (non-hydrogen) atoms. The Balaban J connectivity index is 1.58. The molecule has 10 heteroatoms. The fraction of sp³-hybridized carbons (Fsp3) is 0. The van der Waals surface area contributed by atoms with Crippen LogP contribution in [-0.2, 0) is 0 Å². The average Bonchev–Trinajstić information content (AvgIpc) is 3.33. The standard InChI is InChI=1S/C14H4N6S4/c1-5-11(22-3-15-5)20-12-7(1)17-13(24-12)14-19-9-8(23-14)2-6-10(18-9)21-4-16-6/h1-4H. The van der Waals surface area contributed by atoms with E-state index in [1.54, 1.807) is 45.0 Å². The van der Waals surface area contributed by atoms with Crippen LogP contribution in [0.1, 0.15) is 0 Å². The van der Waals surface area contributed by atoms with Gasteiger partial charge in [-0.15, -0.1) is 34.0 Å². The van der Waals surface area contributed by atoms with Crippen molar-refractivity contribution in [2.75, 3.05) is 0 Å². The maximum absolute atomic E-state index is 4.69. The molecule has 0 bridgehead atoms. The summed E-state index contributed by atoms with van der Waals surface area (Å²) in [4.78, 5) is 30.0. The molecule has 6 nitrogen and oxygen atoms in total. The molecule has 6 heterocycles. The normalized spacial score (nSPS) is 12.2. The minimum absolute atomic E-state index is 0.751. The Labute approximate surface area is 149 Å². The molecule has 0 radical (unpaired) electrons. The topological polar surface area (TPSA) is 77.3 Å². The van der Waals surface area contributed by atoms with E-state index in [4.69, 9.17) is 4.98 Å². The molecule has 0 saturated carbocycles. The lowest BCUT2D eigenvalue weighted by molar-refractivity contribution is 1.36. The second kappa shape index (κ2) is 4.70. The highest BCUT2D eigenvalue weighted by Crippen LogP contribution is 2.36. The molecular weight excluding hydrogens is 380 g/mol. The number of hydrogen-bond donors (Lipinski definition) is 0. The summed E-state index contributed by atoms with van der Waals surface area (Å²) in [6.45, 7) is 0. The first-order valence-corrected chi connectivity index (χ1v) is 10.2. The molecule has 0 N–H and O–H groups in total. The fourth-order valence-corrected chi connectivity index (χ4v) is 5.70. The highest BCUT2D eigenvalue weighted by Gasteiger charge is 2.15. The van der Waals surface area contributed by atoms with Crippen molar-refractivity contribution in [3.63, 3.8) is 0 Å². The Hall–Kier alpha value is -2.14. The molecule has 0 aromatic carbocycles. The third-order valence-corrected chi connectivity index (χ3v) is 7.12. The van der Waals surface area contributed by atoms with Gasteiger partial charge in [-0.25, -0.2) is 29.9 Å². The molecule has 0 aliphatic carbocycles. The molecule has 0 atom stereocenters. The van der Waals surface area contributed by atoms with Gasteiger partial charge in [-0.2, -0.15) is 0 Å². The highest BCUT2D eigenvalue weighted by atomic mass is 32.1. The van der Waals surface area contributed by atoms with Gasteiger partial charge in [0.1, 0.15) is 31.0 Å². The third kappa shape index (κ3) is 1.85. The molecule has 0 spiro atoms. The van der Waals surface area contributed by atoms with Crippen LogP contribution in [0, 0.1) is 0 Å². The van der Waals surface area contributed by atoms with E-state index in [9.17, 15) is 0 Å². The van der Waals surface area contributed by atoms with E-state index in [1.807, 2.05) is 12.1 Å². The van der Waals surface area contributed by atoms with Crippen molar-refractivity contribution in [3.05, 3.63) is 23.2 Å². The first kappa shape index (κ1) is 13.2. The van der Waals surface area contributed by atoms with Crippen LogP contribution in [0.15, 0.2) is 23.2 Å². The smallest absolute Gasteiger partial charge is 0.172 e. The zero-order valence-corrected chi connectivity index (χ0v) is 14.9. The SMILES string of the molecule is c1nc2cc3sc(-c4nc5cc6ncsc6nc5s4)nc3nc2s1. The molecular formula is C14H4N6S4. The molecule has 6 aromatic heterocycles. The van der Waals surface area contributed by atoms with Crippen molar-refractivity contribution < 1.29 is 0 Å². The van der Waals surface area contributed by atoms with Gasteiger partial charge in [0.2, 0.25) is 0 Å². The van der Waals surface area contributed by atoms with E-state index < -0.39 is 0 Å². The van der Waals surface area contributed by atoms with Crippen molar-refractivity contribution in [2.24, 2.45) is 0 Å². The Bertz CT molecular complexity index is 1170. The number of rotatable bonds is 1. The van der Waals surface area contributed by atoms with E-state index in [2.05, 4.69) is 24.9 Å². The third-order valence-electron chi connectivity index (χ3n) is 3.55. The van der Waals surface area contributed by atoms with Crippen LogP contribution in [0.5, 0.6) is 0 Å². The van der Waals surface area contributed by atoms with E-state index >= 15 is 0 Å². The zero-order chi connectivity index (χ0) is 15.7. The number of thiazole rings is 4. The first-order chi connectivity index (χ1) is 11.8. The minimum Gasteiger partial charge on any atom is -0.243 e. The Morgan fingerprint density at radius 3 is 2.25 bits per heavy atom. The summed E-state index contributed by atoms with van der Waals surface area (Å²) in [5.74, 6) is 0. The molecule has 0 fully saturated rings. The lowest BCUT2D eigenvalue weighted by Crippen LogP contribution is -1.78. The summed E-state index contributed by atoms with van der Waals surface area (Å²) in [6.07, 6.45) is 0. The zero-order valence-electron chi connectivity index (χ0n) is 11.6. The summed E-state index contributed by atoms with van der Waals surface area (Å²) < 4.78 is 1.03. The lowest BCUT2D eigenvalue weighted by atomic mass is 10.4. The number of pyridine rings is 2. The van der Waals surface area contributed by atoms with E-state index in [0.717, 1.165) is 51.4 Å². The fourth-order valence-electron chi connectivity index (χ4n) is 2.48. The van der Waals surface area contributed by atoms with Crippen LogP contribution >= 0.6 is 45.3 Å². The Kier molecular flexibility index (Phi) is 2.58. The van der Waals surface area contributed by atoms with Crippen LogP contribution in [-0.4, -0.2) is 29.9 Å². The molecule has 0 saturated heterocycles. The van der Waals surface area contributed by atoms with Crippen molar-refractivity contribution in [2.45, 2.75) is 0 Å². The quantitative estimate of drug-likeness (QED) is 0.413. The van der Waals surface area contributed by atoms with Crippen molar-refractivity contribution >= 4 is 86.7 Å². The van der Waals surface area contributed by atoms with Crippen LogP contribution < -0.4 is 0 Å². The molecule has 6 rings (SSSR count). The van der Waals surface area contributed by atoms with Crippen LogP contribution in [0.2, 0.25) is 0 Å². The highest BCUT2D eigenvalue weighted by molar-refractivity contribution is 7.27. The average molecular weight is 384 g/mol. The molecule has 0 amide bonds. The number of nitrogens with zero attached hydrogens (tertiary/aromatic N) is 6. The van der Waals surface area contributed by atoms with E-state index in [0.29, 0.717) is 0 Å². The van der Waals surface area contributed by atoms with Gasteiger partial charge in [-0.05, 0) is 12.1 Å². The summed E-state index contributed by atoms with van der Waals surface area (Å²) in [5.41, 5.74) is 7.04. The van der Waals surface area contributed by atoms with Gasteiger partial charge in [0.05, 0.1) is 15.7 Å². The predicted octanol–water partition coefficient (Wildman–Crippen LogP) is 4.58. The van der Waals surface area contributed by atoms with Gasteiger partial charge in [0.25, 0.3) is 0 Å².